The lowest BCUT2D eigenvalue weighted by Crippen LogP contribution is -2.36. The van der Waals surface area contributed by atoms with Gasteiger partial charge in [0.15, 0.2) is 0 Å². The minimum atomic E-state index is 0.620. The van der Waals surface area contributed by atoms with Crippen LogP contribution in [0.5, 0.6) is 0 Å². The van der Waals surface area contributed by atoms with Crippen LogP contribution in [0.1, 0.15) is 47.0 Å². The van der Waals surface area contributed by atoms with Gasteiger partial charge < -0.3 is 5.32 Å². The molecule has 1 nitrogen and oxygen atoms in total. The highest BCUT2D eigenvalue weighted by atomic mass is 79.9. The molecule has 0 radical (unpaired) electrons. The van der Waals surface area contributed by atoms with E-state index in [0.29, 0.717) is 16.9 Å². The van der Waals surface area contributed by atoms with Crippen molar-refractivity contribution >= 4 is 15.9 Å². The van der Waals surface area contributed by atoms with Crippen LogP contribution >= 0.6 is 15.9 Å². The van der Waals surface area contributed by atoms with Gasteiger partial charge in [-0.2, -0.15) is 0 Å². The minimum absolute atomic E-state index is 0.620. The highest BCUT2D eigenvalue weighted by Gasteiger charge is 2.09. The van der Waals surface area contributed by atoms with E-state index in [9.17, 15) is 0 Å². The Hall–Kier alpha value is 0.440. The van der Waals surface area contributed by atoms with Gasteiger partial charge in [0.25, 0.3) is 0 Å². The van der Waals surface area contributed by atoms with Crippen molar-refractivity contribution in [1.82, 2.24) is 5.32 Å². The molecule has 0 rings (SSSR count). The van der Waals surface area contributed by atoms with Crippen molar-refractivity contribution in [2.45, 2.75) is 63.9 Å². The molecule has 0 heterocycles. The Morgan fingerprint density at radius 2 is 1.67 bits per heavy atom. The van der Waals surface area contributed by atoms with Crippen LogP contribution in [0, 0.1) is 0 Å². The van der Waals surface area contributed by atoms with Gasteiger partial charge in [0, 0.05) is 16.9 Å². The van der Waals surface area contributed by atoms with E-state index in [1.807, 2.05) is 0 Å². The number of nitrogens with one attached hydrogen (secondary N) is 1. The van der Waals surface area contributed by atoms with Gasteiger partial charge in [0.2, 0.25) is 0 Å². The first-order valence-corrected chi connectivity index (χ1v) is 5.91. The summed E-state index contributed by atoms with van der Waals surface area (Å²) in [6.45, 7) is 8.94. The first-order chi connectivity index (χ1) is 5.60. The maximum absolute atomic E-state index is 3.62. The molecule has 0 fully saturated rings. The molecule has 0 aromatic carbocycles. The van der Waals surface area contributed by atoms with Crippen LogP contribution in [0.2, 0.25) is 0 Å². The van der Waals surface area contributed by atoms with Crippen LogP contribution in [0.4, 0.5) is 0 Å². The molecule has 2 unspecified atom stereocenters. The smallest absolute Gasteiger partial charge is 0.0132 e. The van der Waals surface area contributed by atoms with E-state index in [1.54, 1.807) is 0 Å². The molecule has 12 heavy (non-hydrogen) atoms. The zero-order chi connectivity index (χ0) is 9.56. The Morgan fingerprint density at radius 1 is 1.17 bits per heavy atom. The average Bonchev–Trinajstić information content (AvgIpc) is 1.98. The normalized spacial score (nSPS) is 16.5. The van der Waals surface area contributed by atoms with Gasteiger partial charge in [-0.05, 0) is 26.2 Å². The van der Waals surface area contributed by atoms with Crippen molar-refractivity contribution in [2.75, 3.05) is 0 Å². The summed E-state index contributed by atoms with van der Waals surface area (Å²) in [5, 5.41) is 3.62. The van der Waals surface area contributed by atoms with Crippen molar-refractivity contribution < 1.29 is 0 Å². The van der Waals surface area contributed by atoms with Gasteiger partial charge in [-0.3, -0.25) is 0 Å². The van der Waals surface area contributed by atoms with Crippen LogP contribution in [0.25, 0.3) is 0 Å². The molecule has 2 atom stereocenters. The van der Waals surface area contributed by atoms with Crippen molar-refractivity contribution in [1.29, 1.82) is 0 Å². The quantitative estimate of drug-likeness (QED) is 0.697. The molecule has 0 spiro atoms. The molecule has 0 aromatic heterocycles. The molecule has 0 amide bonds. The Morgan fingerprint density at radius 3 is 2.00 bits per heavy atom. The van der Waals surface area contributed by atoms with E-state index >= 15 is 0 Å². The number of rotatable bonds is 6. The summed E-state index contributed by atoms with van der Waals surface area (Å²) in [7, 11) is 0. The zero-order valence-electron chi connectivity index (χ0n) is 8.73. The lowest BCUT2D eigenvalue weighted by atomic mass is 10.1. The SMILES string of the molecule is CCC(CC)NC(C)CC(C)Br. The predicted molar refractivity (Wildman–Crippen MR) is 60.0 cm³/mol. The van der Waals surface area contributed by atoms with Gasteiger partial charge in [-0.25, -0.2) is 0 Å². The van der Waals surface area contributed by atoms with Crippen LogP contribution in [0.15, 0.2) is 0 Å². The fourth-order valence-electron chi connectivity index (χ4n) is 1.48. The van der Waals surface area contributed by atoms with E-state index < -0.39 is 0 Å². The van der Waals surface area contributed by atoms with Crippen molar-refractivity contribution in [3.63, 3.8) is 0 Å². The molecular formula is C10H22BrN. The Balaban J connectivity index is 3.58. The van der Waals surface area contributed by atoms with Gasteiger partial charge in [-0.1, -0.05) is 36.7 Å². The summed E-state index contributed by atoms with van der Waals surface area (Å²) in [6.07, 6.45) is 3.67. The monoisotopic (exact) mass is 235 g/mol. The standard InChI is InChI=1S/C10H22BrN/c1-5-10(6-2)12-9(4)7-8(3)11/h8-10,12H,5-7H2,1-4H3. The lowest BCUT2D eigenvalue weighted by molar-refractivity contribution is 0.410. The first-order valence-electron chi connectivity index (χ1n) is 5.00. The molecule has 0 bridgehead atoms. The van der Waals surface area contributed by atoms with Crippen LogP contribution < -0.4 is 5.32 Å². The molecule has 0 saturated carbocycles. The summed E-state index contributed by atoms with van der Waals surface area (Å²) >= 11 is 3.57. The molecule has 0 aromatic rings. The van der Waals surface area contributed by atoms with Gasteiger partial charge in [0.1, 0.15) is 0 Å². The topological polar surface area (TPSA) is 12.0 Å². The van der Waals surface area contributed by atoms with Crippen LogP contribution in [-0.4, -0.2) is 16.9 Å². The van der Waals surface area contributed by atoms with Crippen molar-refractivity contribution in [2.24, 2.45) is 0 Å². The third-order valence-corrected chi connectivity index (χ3v) is 2.56. The molecule has 1 N–H and O–H groups in total. The Bertz CT molecular complexity index is 100. The van der Waals surface area contributed by atoms with Crippen molar-refractivity contribution in [3.05, 3.63) is 0 Å². The number of hydrogen-bond acceptors (Lipinski definition) is 1. The number of alkyl halides is 1. The Kier molecular flexibility index (Phi) is 7.16. The van der Waals surface area contributed by atoms with Crippen molar-refractivity contribution in [3.8, 4) is 0 Å². The average molecular weight is 236 g/mol. The maximum Gasteiger partial charge on any atom is 0.0132 e. The Labute approximate surface area is 85.4 Å². The second-order valence-corrected chi connectivity index (χ2v) is 5.16. The molecule has 0 aliphatic rings. The zero-order valence-corrected chi connectivity index (χ0v) is 10.3. The fourth-order valence-corrected chi connectivity index (χ4v) is 2.04. The highest BCUT2D eigenvalue weighted by molar-refractivity contribution is 9.09. The third kappa shape index (κ3) is 6.01. The van der Waals surface area contributed by atoms with Gasteiger partial charge in [-0.15, -0.1) is 0 Å². The van der Waals surface area contributed by atoms with E-state index in [-0.39, 0.29) is 0 Å². The highest BCUT2D eigenvalue weighted by Crippen LogP contribution is 2.08. The van der Waals surface area contributed by atoms with Gasteiger partial charge >= 0.3 is 0 Å². The van der Waals surface area contributed by atoms with Crippen LogP contribution in [0.3, 0.4) is 0 Å². The molecule has 74 valence electrons. The predicted octanol–water partition coefficient (Wildman–Crippen LogP) is 3.33. The summed E-state index contributed by atoms with van der Waals surface area (Å²) in [4.78, 5) is 0.620. The molecule has 0 aliphatic heterocycles. The summed E-state index contributed by atoms with van der Waals surface area (Å²) in [5.41, 5.74) is 0. The van der Waals surface area contributed by atoms with E-state index in [4.69, 9.17) is 0 Å². The summed E-state index contributed by atoms with van der Waals surface area (Å²) < 4.78 is 0. The van der Waals surface area contributed by atoms with E-state index in [1.165, 1.54) is 19.3 Å². The van der Waals surface area contributed by atoms with Gasteiger partial charge in [0.05, 0.1) is 0 Å². The second-order valence-electron chi connectivity index (χ2n) is 3.60. The molecular weight excluding hydrogens is 214 g/mol. The first kappa shape index (κ1) is 12.4. The largest absolute Gasteiger partial charge is 0.311 e. The fraction of sp³-hybridized carbons (Fsp3) is 1.00. The lowest BCUT2D eigenvalue weighted by Gasteiger charge is -2.21. The third-order valence-electron chi connectivity index (χ3n) is 2.18. The van der Waals surface area contributed by atoms with Crippen LogP contribution in [-0.2, 0) is 0 Å². The van der Waals surface area contributed by atoms with E-state index in [0.717, 1.165) is 0 Å². The minimum Gasteiger partial charge on any atom is -0.311 e. The summed E-state index contributed by atoms with van der Waals surface area (Å²) in [5.74, 6) is 0. The van der Waals surface area contributed by atoms with E-state index in [2.05, 4.69) is 48.9 Å². The number of halogens is 1. The summed E-state index contributed by atoms with van der Waals surface area (Å²) in [6, 6.07) is 1.33. The molecule has 2 heteroatoms. The molecule has 0 saturated heterocycles. The number of hydrogen-bond donors (Lipinski definition) is 1. The second kappa shape index (κ2) is 6.90. The molecule has 0 aliphatic carbocycles. The maximum atomic E-state index is 3.62.